The number of hydrogen-bond acceptors (Lipinski definition) is 6. The molecule has 9 heteroatoms. The molecule has 1 N–H and O–H groups in total. The summed E-state index contributed by atoms with van der Waals surface area (Å²) < 4.78 is 37.6. The van der Waals surface area contributed by atoms with Gasteiger partial charge in [0.25, 0.3) is 5.91 Å². The molecular formula is C18H22FN3O4S. The zero-order valence-electron chi connectivity index (χ0n) is 14.8. The van der Waals surface area contributed by atoms with Crippen molar-refractivity contribution in [3.8, 4) is 0 Å². The number of rotatable bonds is 4. The summed E-state index contributed by atoms with van der Waals surface area (Å²) in [5, 5.41) is 6.76. The third-order valence-corrected chi connectivity index (χ3v) is 7.10. The van der Waals surface area contributed by atoms with Gasteiger partial charge >= 0.3 is 0 Å². The van der Waals surface area contributed by atoms with Gasteiger partial charge in [-0.2, -0.15) is 0 Å². The summed E-state index contributed by atoms with van der Waals surface area (Å²) in [5.74, 6) is -0.733. The van der Waals surface area contributed by atoms with Crippen LogP contribution in [-0.4, -0.2) is 67.7 Å². The van der Waals surface area contributed by atoms with E-state index in [0.29, 0.717) is 11.3 Å². The van der Waals surface area contributed by atoms with Crippen molar-refractivity contribution in [1.82, 2.24) is 10.2 Å². The Kier molecular flexibility index (Phi) is 4.90. The standard InChI is InChI=1S/C18H22FN3O4S/c19-13-5-3-4-12(8-13)14-9-17(26-21-14)18(23)20-15-10-27(24,25)11-16(15)22-6-1-2-7-22/h3-5,8,15-17H,1-2,6-7,9-11H2,(H,20,23). The quantitative estimate of drug-likeness (QED) is 0.811. The normalized spacial score (nSPS) is 30.1. The van der Waals surface area contributed by atoms with Crippen molar-refractivity contribution in [3.63, 3.8) is 0 Å². The van der Waals surface area contributed by atoms with Crippen molar-refractivity contribution in [2.24, 2.45) is 5.16 Å². The lowest BCUT2D eigenvalue weighted by atomic mass is 10.0. The fourth-order valence-corrected chi connectivity index (χ4v) is 5.98. The van der Waals surface area contributed by atoms with Crippen LogP contribution in [0, 0.1) is 5.82 Å². The summed E-state index contributed by atoms with van der Waals surface area (Å²) in [6.45, 7) is 1.72. The molecular weight excluding hydrogens is 373 g/mol. The number of benzene rings is 1. The maximum Gasteiger partial charge on any atom is 0.264 e. The summed E-state index contributed by atoms with van der Waals surface area (Å²) in [7, 11) is -3.18. The molecule has 0 aliphatic carbocycles. The van der Waals surface area contributed by atoms with E-state index in [1.165, 1.54) is 12.1 Å². The predicted octanol–water partition coefficient (Wildman–Crippen LogP) is 0.696. The van der Waals surface area contributed by atoms with E-state index in [-0.39, 0.29) is 35.7 Å². The van der Waals surface area contributed by atoms with E-state index in [9.17, 15) is 17.6 Å². The zero-order chi connectivity index (χ0) is 19.0. The minimum absolute atomic E-state index is 0.0514. The molecule has 2 fully saturated rings. The van der Waals surface area contributed by atoms with Gasteiger partial charge in [0.2, 0.25) is 6.10 Å². The largest absolute Gasteiger partial charge is 0.382 e. The molecule has 3 unspecified atom stereocenters. The lowest BCUT2D eigenvalue weighted by Gasteiger charge is -2.28. The van der Waals surface area contributed by atoms with Crippen LogP contribution >= 0.6 is 0 Å². The highest BCUT2D eigenvalue weighted by molar-refractivity contribution is 7.91. The number of nitrogens with one attached hydrogen (secondary N) is 1. The number of amides is 1. The van der Waals surface area contributed by atoms with Crippen LogP contribution in [0.5, 0.6) is 0 Å². The molecule has 0 bridgehead atoms. The van der Waals surface area contributed by atoms with Gasteiger partial charge in [-0.25, -0.2) is 12.8 Å². The van der Waals surface area contributed by atoms with Gasteiger partial charge in [-0.3, -0.25) is 9.69 Å². The maximum atomic E-state index is 13.4. The second-order valence-electron chi connectivity index (χ2n) is 7.35. The molecule has 4 rings (SSSR count). The number of nitrogens with zero attached hydrogens (tertiary/aromatic N) is 2. The summed E-state index contributed by atoms with van der Waals surface area (Å²) in [5.41, 5.74) is 1.08. The Morgan fingerprint density at radius 3 is 2.78 bits per heavy atom. The number of sulfone groups is 1. The van der Waals surface area contributed by atoms with E-state index < -0.39 is 22.0 Å². The Balaban J connectivity index is 1.40. The number of likely N-dealkylation sites (tertiary alicyclic amines) is 1. The van der Waals surface area contributed by atoms with Gasteiger partial charge in [0, 0.05) is 18.0 Å². The van der Waals surface area contributed by atoms with Gasteiger partial charge in [-0.1, -0.05) is 17.3 Å². The highest BCUT2D eigenvalue weighted by Gasteiger charge is 2.43. The molecule has 3 heterocycles. The highest BCUT2D eigenvalue weighted by Crippen LogP contribution is 2.24. The Morgan fingerprint density at radius 2 is 2.04 bits per heavy atom. The van der Waals surface area contributed by atoms with Gasteiger partial charge in [-0.15, -0.1) is 0 Å². The molecule has 146 valence electrons. The molecule has 0 spiro atoms. The lowest BCUT2D eigenvalue weighted by Crippen LogP contribution is -2.52. The van der Waals surface area contributed by atoms with E-state index in [1.807, 2.05) is 0 Å². The number of oxime groups is 1. The Hall–Kier alpha value is -2.00. The topological polar surface area (TPSA) is 88.1 Å². The second kappa shape index (κ2) is 7.20. The molecule has 2 saturated heterocycles. The van der Waals surface area contributed by atoms with Crippen molar-refractivity contribution in [2.75, 3.05) is 24.6 Å². The zero-order valence-corrected chi connectivity index (χ0v) is 15.6. The minimum Gasteiger partial charge on any atom is -0.382 e. The molecule has 3 aliphatic rings. The first kappa shape index (κ1) is 18.4. The third kappa shape index (κ3) is 3.98. The number of carbonyl (C=O) groups is 1. The Bertz CT molecular complexity index is 867. The molecule has 27 heavy (non-hydrogen) atoms. The number of hydrogen-bond donors (Lipinski definition) is 1. The first-order valence-corrected chi connectivity index (χ1v) is 11.0. The van der Waals surface area contributed by atoms with Crippen LogP contribution in [0.2, 0.25) is 0 Å². The Morgan fingerprint density at radius 1 is 1.26 bits per heavy atom. The van der Waals surface area contributed by atoms with Crippen LogP contribution in [0.3, 0.4) is 0 Å². The third-order valence-electron chi connectivity index (χ3n) is 5.38. The highest BCUT2D eigenvalue weighted by atomic mass is 32.2. The predicted molar refractivity (Wildman–Crippen MR) is 97.6 cm³/mol. The fraction of sp³-hybridized carbons (Fsp3) is 0.556. The van der Waals surface area contributed by atoms with Crippen molar-refractivity contribution in [2.45, 2.75) is 37.5 Å². The van der Waals surface area contributed by atoms with Gasteiger partial charge in [-0.05, 0) is 38.1 Å². The van der Waals surface area contributed by atoms with E-state index in [4.69, 9.17) is 4.84 Å². The molecule has 1 aromatic carbocycles. The summed E-state index contributed by atoms with van der Waals surface area (Å²) in [4.78, 5) is 20.0. The summed E-state index contributed by atoms with van der Waals surface area (Å²) in [6.07, 6.45) is 1.50. The van der Waals surface area contributed by atoms with Crippen LogP contribution in [0.4, 0.5) is 4.39 Å². The average Bonchev–Trinajstić information content (AvgIpc) is 3.34. The average molecular weight is 395 g/mol. The van der Waals surface area contributed by atoms with Crippen molar-refractivity contribution >= 4 is 21.5 Å². The van der Waals surface area contributed by atoms with Crippen LogP contribution in [0.25, 0.3) is 0 Å². The molecule has 3 atom stereocenters. The van der Waals surface area contributed by atoms with Gasteiger partial charge in [0.15, 0.2) is 9.84 Å². The second-order valence-corrected chi connectivity index (χ2v) is 9.50. The Labute approximate surface area is 157 Å². The first-order chi connectivity index (χ1) is 12.9. The van der Waals surface area contributed by atoms with E-state index in [0.717, 1.165) is 25.9 Å². The van der Waals surface area contributed by atoms with Crippen molar-refractivity contribution < 1.29 is 22.4 Å². The molecule has 0 aromatic heterocycles. The lowest BCUT2D eigenvalue weighted by molar-refractivity contribution is -0.132. The first-order valence-electron chi connectivity index (χ1n) is 9.15. The number of halogens is 1. The van der Waals surface area contributed by atoms with Crippen molar-refractivity contribution in [1.29, 1.82) is 0 Å². The van der Waals surface area contributed by atoms with Crippen LogP contribution in [-0.2, 0) is 19.5 Å². The van der Waals surface area contributed by atoms with Crippen molar-refractivity contribution in [3.05, 3.63) is 35.6 Å². The van der Waals surface area contributed by atoms with E-state index in [2.05, 4.69) is 15.4 Å². The number of carbonyl (C=O) groups excluding carboxylic acids is 1. The van der Waals surface area contributed by atoms with E-state index in [1.54, 1.807) is 12.1 Å². The van der Waals surface area contributed by atoms with Gasteiger partial charge < -0.3 is 10.2 Å². The fourth-order valence-electron chi connectivity index (χ4n) is 4.03. The van der Waals surface area contributed by atoms with Gasteiger partial charge in [0.05, 0.1) is 23.3 Å². The maximum absolute atomic E-state index is 13.4. The molecule has 3 aliphatic heterocycles. The summed E-state index contributed by atoms with van der Waals surface area (Å²) in [6, 6.07) is 5.33. The molecule has 0 saturated carbocycles. The molecule has 1 amide bonds. The minimum atomic E-state index is -3.18. The monoisotopic (exact) mass is 395 g/mol. The smallest absolute Gasteiger partial charge is 0.264 e. The molecule has 0 radical (unpaired) electrons. The molecule has 7 nitrogen and oxygen atoms in total. The van der Waals surface area contributed by atoms with E-state index >= 15 is 0 Å². The van der Waals surface area contributed by atoms with Crippen LogP contribution < -0.4 is 5.32 Å². The molecule has 1 aromatic rings. The van der Waals surface area contributed by atoms with Crippen LogP contribution in [0.1, 0.15) is 24.8 Å². The summed E-state index contributed by atoms with van der Waals surface area (Å²) >= 11 is 0. The van der Waals surface area contributed by atoms with Crippen LogP contribution in [0.15, 0.2) is 29.4 Å². The van der Waals surface area contributed by atoms with Gasteiger partial charge in [0.1, 0.15) is 5.82 Å². The SMILES string of the molecule is O=C(NC1CS(=O)(=O)CC1N1CCCC1)C1CC(c2cccc(F)c2)=NO1.